The first kappa shape index (κ1) is 23.3. The van der Waals surface area contributed by atoms with Crippen molar-refractivity contribution in [1.82, 2.24) is 5.32 Å². The lowest BCUT2D eigenvalue weighted by atomic mass is 10.1. The number of carbonyl (C=O) groups excluding carboxylic acids is 2. The summed E-state index contributed by atoms with van der Waals surface area (Å²) in [4.78, 5) is 27.0. The number of benzene rings is 2. The molecule has 0 fully saturated rings. The van der Waals surface area contributed by atoms with Gasteiger partial charge in [-0.25, -0.2) is 0 Å². The Bertz CT molecular complexity index is 906. The number of rotatable bonds is 8. The summed E-state index contributed by atoms with van der Waals surface area (Å²) in [7, 11) is 1.51. The molecule has 162 valence electrons. The van der Waals surface area contributed by atoms with Gasteiger partial charge in [-0.15, -0.1) is 0 Å². The second kappa shape index (κ2) is 10.1. The molecule has 0 atom stereocenters. The van der Waals surface area contributed by atoms with Crippen molar-refractivity contribution in [3.8, 4) is 11.5 Å². The second-order valence-corrected chi connectivity index (χ2v) is 7.94. The number of methoxy groups -OCH3 is 1. The fourth-order valence-corrected chi connectivity index (χ4v) is 3.17. The van der Waals surface area contributed by atoms with Crippen LogP contribution in [0.5, 0.6) is 11.5 Å². The summed E-state index contributed by atoms with van der Waals surface area (Å²) in [5.74, 6) is 0.480. The summed E-state index contributed by atoms with van der Waals surface area (Å²) >= 11 is 0. The van der Waals surface area contributed by atoms with Crippen molar-refractivity contribution < 1.29 is 19.1 Å². The van der Waals surface area contributed by atoms with Crippen LogP contribution >= 0.6 is 0 Å². The Labute approximate surface area is 179 Å². The van der Waals surface area contributed by atoms with E-state index in [1.54, 1.807) is 23.1 Å². The van der Waals surface area contributed by atoms with Crippen molar-refractivity contribution in [2.24, 2.45) is 0 Å². The molecule has 2 rings (SSSR count). The van der Waals surface area contributed by atoms with Crippen LogP contribution in [-0.2, 0) is 4.79 Å². The van der Waals surface area contributed by atoms with Gasteiger partial charge in [0.2, 0.25) is 0 Å². The molecule has 0 heterocycles. The number of aryl methyl sites for hydroxylation is 2. The summed E-state index contributed by atoms with van der Waals surface area (Å²) in [6.07, 6.45) is 0. The number of hydrogen-bond acceptors (Lipinski definition) is 4. The van der Waals surface area contributed by atoms with Crippen LogP contribution in [-0.4, -0.2) is 37.6 Å². The van der Waals surface area contributed by atoms with Gasteiger partial charge in [-0.1, -0.05) is 12.1 Å². The minimum Gasteiger partial charge on any atom is -0.493 e. The molecular formula is C24H32N2O4. The van der Waals surface area contributed by atoms with Crippen molar-refractivity contribution in [2.75, 3.05) is 18.6 Å². The second-order valence-electron chi connectivity index (χ2n) is 7.94. The highest BCUT2D eigenvalue weighted by atomic mass is 16.5. The molecular weight excluding hydrogens is 380 g/mol. The van der Waals surface area contributed by atoms with E-state index in [4.69, 9.17) is 9.47 Å². The van der Waals surface area contributed by atoms with E-state index in [9.17, 15) is 9.59 Å². The van der Waals surface area contributed by atoms with Crippen molar-refractivity contribution in [2.45, 2.75) is 53.6 Å². The lowest BCUT2D eigenvalue weighted by Crippen LogP contribution is -2.37. The molecule has 0 aliphatic carbocycles. The van der Waals surface area contributed by atoms with Crippen LogP contribution in [0.25, 0.3) is 0 Å². The van der Waals surface area contributed by atoms with Crippen LogP contribution in [0.1, 0.15) is 49.2 Å². The zero-order valence-electron chi connectivity index (χ0n) is 18.9. The van der Waals surface area contributed by atoms with Gasteiger partial charge in [-0.3, -0.25) is 9.59 Å². The summed E-state index contributed by atoms with van der Waals surface area (Å²) in [5.41, 5.74) is 3.50. The zero-order chi connectivity index (χ0) is 22.4. The average Bonchev–Trinajstić information content (AvgIpc) is 2.68. The fourth-order valence-electron chi connectivity index (χ4n) is 3.17. The van der Waals surface area contributed by atoms with Gasteiger partial charge in [0, 0.05) is 23.3 Å². The van der Waals surface area contributed by atoms with E-state index in [0.29, 0.717) is 17.1 Å². The fraction of sp³-hybridized carbons (Fsp3) is 0.417. The van der Waals surface area contributed by atoms with E-state index in [0.717, 1.165) is 16.8 Å². The molecule has 30 heavy (non-hydrogen) atoms. The molecule has 0 unspecified atom stereocenters. The Morgan fingerprint density at radius 1 is 1.00 bits per heavy atom. The third-order valence-corrected chi connectivity index (χ3v) is 4.58. The van der Waals surface area contributed by atoms with E-state index in [1.165, 1.54) is 7.11 Å². The average molecular weight is 413 g/mol. The predicted octanol–water partition coefficient (Wildman–Crippen LogP) is 4.27. The Kier molecular flexibility index (Phi) is 7.86. The normalized spacial score (nSPS) is 10.8. The molecule has 6 heteroatoms. The maximum Gasteiger partial charge on any atom is 0.258 e. The minimum absolute atomic E-state index is 0.0281. The monoisotopic (exact) mass is 412 g/mol. The van der Waals surface area contributed by atoms with Crippen LogP contribution < -0.4 is 19.7 Å². The number of nitrogens with one attached hydrogen (secondary N) is 1. The number of carbonyl (C=O) groups is 2. The molecule has 0 radical (unpaired) electrons. The van der Waals surface area contributed by atoms with Crippen molar-refractivity contribution in [3.05, 3.63) is 53.1 Å². The molecule has 0 aliphatic heterocycles. The van der Waals surface area contributed by atoms with Gasteiger partial charge in [0.25, 0.3) is 11.8 Å². The smallest absolute Gasteiger partial charge is 0.258 e. The molecule has 0 saturated heterocycles. The minimum atomic E-state index is -0.215. The predicted molar refractivity (Wildman–Crippen MR) is 120 cm³/mol. The molecule has 0 bridgehead atoms. The van der Waals surface area contributed by atoms with Gasteiger partial charge in [-0.05, 0) is 76.9 Å². The number of nitrogens with zero attached hydrogens (tertiary/aromatic N) is 1. The molecule has 2 aromatic carbocycles. The number of amides is 2. The zero-order valence-corrected chi connectivity index (χ0v) is 18.9. The summed E-state index contributed by atoms with van der Waals surface area (Å²) < 4.78 is 11.0. The van der Waals surface area contributed by atoms with Gasteiger partial charge < -0.3 is 19.7 Å². The first-order valence-corrected chi connectivity index (χ1v) is 10.1. The summed E-state index contributed by atoms with van der Waals surface area (Å²) in [5, 5.41) is 2.77. The largest absolute Gasteiger partial charge is 0.493 e. The van der Waals surface area contributed by atoms with Crippen LogP contribution in [0.15, 0.2) is 36.4 Å². The Hall–Kier alpha value is -3.02. The van der Waals surface area contributed by atoms with Crippen LogP contribution in [0, 0.1) is 13.8 Å². The standard InChI is InChI=1S/C24H32N2O4/c1-15(2)25-23(27)14-30-21-11-10-19(13-22(21)29-7)24(28)26(16(3)4)20-12-17(5)8-9-18(20)6/h8-13,15-16H,14H2,1-7H3,(H,25,27). The van der Waals surface area contributed by atoms with Gasteiger partial charge in [0.1, 0.15) is 0 Å². The highest BCUT2D eigenvalue weighted by Crippen LogP contribution is 2.31. The summed E-state index contributed by atoms with van der Waals surface area (Å²) in [6.45, 7) is 11.6. The van der Waals surface area contributed by atoms with Gasteiger partial charge >= 0.3 is 0 Å². The van der Waals surface area contributed by atoms with Crippen molar-refractivity contribution in [1.29, 1.82) is 0 Å². The van der Waals surface area contributed by atoms with Crippen molar-refractivity contribution in [3.63, 3.8) is 0 Å². The maximum absolute atomic E-state index is 13.4. The first-order chi connectivity index (χ1) is 14.1. The Morgan fingerprint density at radius 2 is 1.70 bits per heavy atom. The topological polar surface area (TPSA) is 67.9 Å². The van der Waals surface area contributed by atoms with Crippen LogP contribution in [0.2, 0.25) is 0 Å². The molecule has 6 nitrogen and oxygen atoms in total. The van der Waals surface area contributed by atoms with E-state index in [1.807, 2.05) is 59.7 Å². The molecule has 0 aromatic heterocycles. The summed E-state index contributed by atoms with van der Waals surface area (Å²) in [6, 6.07) is 11.1. The lowest BCUT2D eigenvalue weighted by molar-refractivity contribution is -0.123. The molecule has 1 N–H and O–H groups in total. The molecule has 2 amide bonds. The van der Waals surface area contributed by atoms with Crippen LogP contribution in [0.3, 0.4) is 0 Å². The SMILES string of the molecule is COc1cc(C(=O)N(c2cc(C)ccc2C)C(C)C)ccc1OCC(=O)NC(C)C. The van der Waals surface area contributed by atoms with E-state index < -0.39 is 0 Å². The highest BCUT2D eigenvalue weighted by Gasteiger charge is 2.23. The highest BCUT2D eigenvalue weighted by molar-refractivity contribution is 6.07. The number of anilines is 1. The lowest BCUT2D eigenvalue weighted by Gasteiger charge is -2.29. The third kappa shape index (κ3) is 5.75. The molecule has 0 spiro atoms. The number of ether oxygens (including phenoxy) is 2. The maximum atomic E-state index is 13.4. The van der Waals surface area contributed by atoms with Crippen molar-refractivity contribution >= 4 is 17.5 Å². The molecule has 2 aromatic rings. The van der Waals surface area contributed by atoms with Gasteiger partial charge in [-0.2, -0.15) is 0 Å². The van der Waals surface area contributed by atoms with E-state index in [-0.39, 0.29) is 30.5 Å². The Balaban J connectivity index is 2.30. The van der Waals surface area contributed by atoms with Gasteiger partial charge in [0.15, 0.2) is 18.1 Å². The Morgan fingerprint density at radius 3 is 2.30 bits per heavy atom. The molecule has 0 aliphatic rings. The third-order valence-electron chi connectivity index (χ3n) is 4.58. The first-order valence-electron chi connectivity index (χ1n) is 10.1. The van der Waals surface area contributed by atoms with Gasteiger partial charge in [0.05, 0.1) is 7.11 Å². The van der Waals surface area contributed by atoms with E-state index >= 15 is 0 Å². The quantitative estimate of drug-likeness (QED) is 0.703. The van der Waals surface area contributed by atoms with Crippen LogP contribution in [0.4, 0.5) is 5.69 Å². The van der Waals surface area contributed by atoms with E-state index in [2.05, 4.69) is 5.32 Å². The number of hydrogen-bond donors (Lipinski definition) is 1. The molecule has 0 saturated carbocycles.